The minimum absolute atomic E-state index is 0.126. The van der Waals surface area contributed by atoms with Crippen molar-refractivity contribution in [2.75, 3.05) is 36.5 Å². The van der Waals surface area contributed by atoms with Gasteiger partial charge < -0.3 is 28.9 Å². The van der Waals surface area contributed by atoms with Crippen molar-refractivity contribution in [1.82, 2.24) is 9.55 Å². The third-order valence-electron chi connectivity index (χ3n) is 10.0. The number of aromatic nitrogens is 2. The van der Waals surface area contributed by atoms with Crippen molar-refractivity contribution >= 4 is 34.3 Å². The average Bonchev–Trinajstić information content (AvgIpc) is 3.70. The van der Waals surface area contributed by atoms with Crippen LogP contribution in [-0.4, -0.2) is 59.4 Å². The van der Waals surface area contributed by atoms with Gasteiger partial charge in [0.15, 0.2) is 0 Å². The second kappa shape index (κ2) is 13.4. The second-order valence-electron chi connectivity index (χ2n) is 12.9. The van der Waals surface area contributed by atoms with Gasteiger partial charge in [-0.25, -0.2) is 14.2 Å². The summed E-state index contributed by atoms with van der Waals surface area (Å²) in [5, 5.41) is 9.55. The molecule has 3 heterocycles. The van der Waals surface area contributed by atoms with Gasteiger partial charge in [0.1, 0.15) is 24.0 Å². The maximum absolute atomic E-state index is 16.0. The Hall–Kier alpha value is -4.44. The van der Waals surface area contributed by atoms with Gasteiger partial charge in [0.05, 0.1) is 28.3 Å². The Morgan fingerprint density at radius 2 is 1.77 bits per heavy atom. The summed E-state index contributed by atoms with van der Waals surface area (Å²) in [6.45, 7) is 2.62. The Morgan fingerprint density at radius 3 is 2.47 bits per heavy atom. The number of piperidine rings is 1. The van der Waals surface area contributed by atoms with Crippen LogP contribution in [0.2, 0.25) is 0 Å². The summed E-state index contributed by atoms with van der Waals surface area (Å²) >= 11 is 0. The molecule has 2 saturated heterocycles. The van der Waals surface area contributed by atoms with Crippen molar-refractivity contribution in [2.45, 2.75) is 76.5 Å². The topological polar surface area (TPSA) is 97.1 Å². The first-order valence-corrected chi connectivity index (χ1v) is 16.8. The lowest BCUT2D eigenvalue weighted by molar-refractivity contribution is -0.117. The Kier molecular flexibility index (Phi) is 8.86. The minimum Gasteiger partial charge on any atom is -0.489 e. The summed E-state index contributed by atoms with van der Waals surface area (Å²) in [5.41, 5.74) is 4.72. The molecule has 10 heteroatoms. The molecule has 1 aromatic heterocycles. The molecular weight excluding hydrogens is 599 g/mol. The SMILES string of the molecule is COC1CCN(c2ccc(N3CCCC3=O)cc2COc2ccc(-c3nc4cc(C(=O)O)ccc4n3C3CCCCC3)c(F)c2)CC1. The molecule has 0 bridgehead atoms. The van der Waals surface area contributed by atoms with E-state index < -0.39 is 11.8 Å². The molecule has 246 valence electrons. The minimum atomic E-state index is -1.02. The lowest BCUT2D eigenvalue weighted by Crippen LogP contribution is -2.37. The number of carboxylic acid groups (broad SMARTS) is 1. The van der Waals surface area contributed by atoms with Crippen LogP contribution < -0.4 is 14.5 Å². The van der Waals surface area contributed by atoms with E-state index in [0.29, 0.717) is 35.6 Å². The Balaban J connectivity index is 1.18. The zero-order valence-electron chi connectivity index (χ0n) is 26.8. The third kappa shape index (κ3) is 6.31. The maximum atomic E-state index is 16.0. The maximum Gasteiger partial charge on any atom is 0.335 e. The summed E-state index contributed by atoms with van der Waals surface area (Å²) in [6.07, 6.45) is 8.80. The highest BCUT2D eigenvalue weighted by molar-refractivity contribution is 5.96. The van der Waals surface area contributed by atoms with Crippen LogP contribution in [-0.2, 0) is 16.1 Å². The number of aromatic carboxylic acids is 1. The molecule has 7 rings (SSSR count). The normalized spacial score (nSPS) is 18.0. The van der Waals surface area contributed by atoms with E-state index in [2.05, 4.69) is 15.5 Å². The van der Waals surface area contributed by atoms with Crippen LogP contribution in [0.4, 0.5) is 15.8 Å². The molecule has 0 atom stereocenters. The van der Waals surface area contributed by atoms with Gasteiger partial charge >= 0.3 is 5.97 Å². The van der Waals surface area contributed by atoms with Gasteiger partial charge in [-0.2, -0.15) is 0 Å². The van der Waals surface area contributed by atoms with Gasteiger partial charge in [0.25, 0.3) is 0 Å². The number of fused-ring (bicyclic) bond motifs is 1. The largest absolute Gasteiger partial charge is 0.489 e. The molecule has 47 heavy (non-hydrogen) atoms. The standard InChI is InChI=1S/C37H41FN4O5/c1-46-28-15-18-40(19-16-28)33-14-10-27(41-17-5-8-35(41)43)20-25(33)23-47-29-11-12-30(31(38)22-29)36-39-32-21-24(37(44)45)9-13-34(32)42(36)26-6-3-2-4-7-26/h9-14,20-22,26,28H,2-8,15-19,23H2,1H3,(H,44,45). The first-order chi connectivity index (χ1) is 22.9. The number of amides is 1. The number of carbonyl (C=O) groups is 2. The van der Waals surface area contributed by atoms with E-state index in [-0.39, 0.29) is 30.2 Å². The van der Waals surface area contributed by atoms with Gasteiger partial charge in [0, 0.05) is 62.2 Å². The van der Waals surface area contributed by atoms with E-state index in [1.165, 1.54) is 12.5 Å². The molecule has 2 aliphatic heterocycles. The van der Waals surface area contributed by atoms with Crippen molar-refractivity contribution in [3.63, 3.8) is 0 Å². The first kappa shape index (κ1) is 31.2. The molecule has 4 aromatic rings. The van der Waals surface area contributed by atoms with Gasteiger partial charge in [0.2, 0.25) is 5.91 Å². The molecule has 1 aliphatic carbocycles. The quantitative estimate of drug-likeness (QED) is 0.204. The number of imidazole rings is 1. The van der Waals surface area contributed by atoms with Gasteiger partial charge in [-0.1, -0.05) is 19.3 Å². The molecule has 3 aliphatic rings. The van der Waals surface area contributed by atoms with E-state index in [9.17, 15) is 14.7 Å². The highest BCUT2D eigenvalue weighted by Gasteiger charge is 2.27. The van der Waals surface area contributed by atoms with Crippen LogP contribution in [0.3, 0.4) is 0 Å². The number of ether oxygens (including phenoxy) is 2. The van der Waals surface area contributed by atoms with Crippen molar-refractivity contribution < 1.29 is 28.6 Å². The Bertz CT molecular complexity index is 1790. The van der Waals surface area contributed by atoms with Crippen molar-refractivity contribution in [3.8, 4) is 17.1 Å². The summed E-state index contributed by atoms with van der Waals surface area (Å²) < 4.78 is 29.9. The fourth-order valence-corrected chi connectivity index (χ4v) is 7.48. The number of benzene rings is 3. The van der Waals surface area contributed by atoms with Gasteiger partial charge in [-0.05, 0) is 80.6 Å². The third-order valence-corrected chi connectivity index (χ3v) is 10.0. The van der Waals surface area contributed by atoms with Crippen molar-refractivity contribution in [3.05, 3.63) is 71.5 Å². The number of methoxy groups -OCH3 is 1. The van der Waals surface area contributed by atoms with Crippen LogP contribution in [0.1, 0.15) is 79.8 Å². The summed E-state index contributed by atoms with van der Waals surface area (Å²) in [4.78, 5) is 33.1. The zero-order chi connectivity index (χ0) is 32.5. The van der Waals surface area contributed by atoms with Gasteiger partial charge in [-0.3, -0.25) is 4.79 Å². The molecule has 9 nitrogen and oxygen atoms in total. The number of nitrogens with zero attached hydrogens (tertiary/aromatic N) is 4. The molecule has 1 N–H and O–H groups in total. The molecule has 0 unspecified atom stereocenters. The van der Waals surface area contributed by atoms with Gasteiger partial charge in [-0.15, -0.1) is 0 Å². The number of carboxylic acids is 1. The molecule has 0 radical (unpaired) electrons. The summed E-state index contributed by atoms with van der Waals surface area (Å²) in [6, 6.07) is 16.1. The fraction of sp³-hybridized carbons (Fsp3) is 0.432. The number of rotatable bonds is 9. The zero-order valence-corrected chi connectivity index (χ0v) is 26.8. The molecule has 1 saturated carbocycles. The Labute approximate surface area is 273 Å². The predicted octanol–water partition coefficient (Wildman–Crippen LogP) is 7.37. The molecular formula is C37H41FN4O5. The van der Waals surface area contributed by atoms with Crippen LogP contribution in [0, 0.1) is 5.82 Å². The molecule has 1 amide bonds. The number of halogens is 1. The monoisotopic (exact) mass is 640 g/mol. The van der Waals surface area contributed by atoms with Crippen LogP contribution in [0.25, 0.3) is 22.4 Å². The number of carbonyl (C=O) groups excluding carboxylic acids is 1. The summed E-state index contributed by atoms with van der Waals surface area (Å²) in [7, 11) is 1.76. The lowest BCUT2D eigenvalue weighted by atomic mass is 9.94. The summed E-state index contributed by atoms with van der Waals surface area (Å²) in [5.74, 6) is -0.448. The molecule has 3 fully saturated rings. The average molecular weight is 641 g/mol. The first-order valence-electron chi connectivity index (χ1n) is 16.8. The number of anilines is 2. The second-order valence-corrected chi connectivity index (χ2v) is 12.9. The Morgan fingerprint density at radius 1 is 0.957 bits per heavy atom. The fourth-order valence-electron chi connectivity index (χ4n) is 7.48. The van der Waals surface area contributed by atoms with E-state index >= 15 is 4.39 Å². The van der Waals surface area contributed by atoms with Crippen LogP contribution >= 0.6 is 0 Å². The molecule has 0 spiro atoms. The highest BCUT2D eigenvalue weighted by atomic mass is 19.1. The van der Waals surface area contributed by atoms with E-state index in [1.54, 1.807) is 37.4 Å². The van der Waals surface area contributed by atoms with Crippen molar-refractivity contribution in [1.29, 1.82) is 0 Å². The smallest absolute Gasteiger partial charge is 0.335 e. The van der Waals surface area contributed by atoms with E-state index in [0.717, 1.165) is 80.5 Å². The van der Waals surface area contributed by atoms with Crippen molar-refractivity contribution in [2.24, 2.45) is 0 Å². The predicted molar refractivity (Wildman–Crippen MR) is 179 cm³/mol. The van der Waals surface area contributed by atoms with Crippen LogP contribution in [0.5, 0.6) is 5.75 Å². The van der Waals surface area contributed by atoms with Crippen LogP contribution in [0.15, 0.2) is 54.6 Å². The molecule has 3 aromatic carbocycles. The lowest BCUT2D eigenvalue weighted by Gasteiger charge is -2.34. The van der Waals surface area contributed by atoms with E-state index in [4.69, 9.17) is 14.5 Å². The highest BCUT2D eigenvalue weighted by Crippen LogP contribution is 2.38. The van der Waals surface area contributed by atoms with E-state index in [1.807, 2.05) is 17.0 Å². The number of hydrogen-bond acceptors (Lipinski definition) is 6. The number of hydrogen-bond donors (Lipinski definition) is 1.